The van der Waals surface area contributed by atoms with Crippen LogP contribution in [-0.4, -0.2) is 82.0 Å². The fourth-order valence-corrected chi connectivity index (χ4v) is 3.75. The van der Waals surface area contributed by atoms with Crippen LogP contribution in [-0.2, 0) is 38.4 Å². The van der Waals surface area contributed by atoms with Crippen molar-refractivity contribution in [2.45, 2.75) is 142 Å². The number of nitrogens with zero attached hydrogens (tertiary/aromatic N) is 1. The number of imide groups is 1. The van der Waals surface area contributed by atoms with Crippen molar-refractivity contribution >= 4 is 41.5 Å². The number of nitrogens with two attached hydrogens (primary N) is 2. The second-order valence-electron chi connectivity index (χ2n) is 10.9. The minimum Gasteiger partial charge on any atom is -0.480 e. The molecule has 2 atom stereocenters. The Morgan fingerprint density at radius 1 is 0.761 bits per heavy atom. The van der Waals surface area contributed by atoms with E-state index in [1.807, 2.05) is 20.8 Å². The second kappa shape index (κ2) is 28.9. The lowest BCUT2D eigenvalue weighted by Gasteiger charge is -2.14. The first-order valence-electron chi connectivity index (χ1n) is 16.4. The summed E-state index contributed by atoms with van der Waals surface area (Å²) in [6.45, 7) is 7.12. The molecule has 1 saturated heterocycles. The third-order valence-corrected chi connectivity index (χ3v) is 6.61. The summed E-state index contributed by atoms with van der Waals surface area (Å²) in [5.41, 5.74) is 10.4. The zero-order chi connectivity index (χ0) is 35.3. The van der Waals surface area contributed by atoms with E-state index in [9.17, 15) is 33.6 Å². The molecule has 0 spiro atoms. The summed E-state index contributed by atoms with van der Waals surface area (Å²) in [5, 5.41) is 23.4. The summed E-state index contributed by atoms with van der Waals surface area (Å²) in [5.74, 6) is -3.48. The average molecular weight is 660 g/mol. The van der Waals surface area contributed by atoms with E-state index in [1.165, 1.54) is 0 Å². The number of carbonyl (C=O) groups excluding carboxylic acids is 5. The van der Waals surface area contributed by atoms with Crippen LogP contribution in [0.3, 0.4) is 0 Å². The van der Waals surface area contributed by atoms with E-state index in [1.54, 1.807) is 0 Å². The van der Waals surface area contributed by atoms with Crippen molar-refractivity contribution in [2.24, 2.45) is 11.5 Å². The predicted molar refractivity (Wildman–Crippen MR) is 171 cm³/mol. The van der Waals surface area contributed by atoms with E-state index in [2.05, 4.69) is 15.5 Å². The lowest BCUT2D eigenvalue weighted by atomic mass is 10.1. The summed E-state index contributed by atoms with van der Waals surface area (Å²) in [6.07, 6.45) is 10.5. The van der Waals surface area contributed by atoms with Crippen LogP contribution in [0.1, 0.15) is 130 Å². The number of carboxylic acid groups (broad SMARTS) is 2. The summed E-state index contributed by atoms with van der Waals surface area (Å²) in [6, 6.07) is -1.55. The molecule has 8 N–H and O–H groups in total. The molecule has 46 heavy (non-hydrogen) atoms. The predicted octanol–water partition coefficient (Wildman–Crippen LogP) is 2.53. The van der Waals surface area contributed by atoms with E-state index in [0.29, 0.717) is 63.1 Å². The van der Waals surface area contributed by atoms with Gasteiger partial charge in [0.2, 0.25) is 11.8 Å². The number of hydroxylamine groups is 2. The molecule has 0 aromatic rings. The molecule has 0 aliphatic carbocycles. The minimum absolute atomic E-state index is 0.0458. The highest BCUT2D eigenvalue weighted by Gasteiger charge is 2.32. The van der Waals surface area contributed by atoms with Gasteiger partial charge in [-0.25, -0.2) is 9.59 Å². The molecule has 0 aromatic heterocycles. The summed E-state index contributed by atoms with van der Waals surface area (Å²) >= 11 is 0. The van der Waals surface area contributed by atoms with E-state index >= 15 is 0 Å². The minimum atomic E-state index is -1.00. The van der Waals surface area contributed by atoms with Crippen molar-refractivity contribution in [2.75, 3.05) is 13.1 Å². The van der Waals surface area contributed by atoms with Crippen LogP contribution in [0.2, 0.25) is 0 Å². The van der Waals surface area contributed by atoms with E-state index < -0.39 is 41.8 Å². The number of hydrogen-bond acceptors (Lipinski definition) is 10. The van der Waals surface area contributed by atoms with Gasteiger partial charge in [-0.05, 0) is 57.9 Å². The van der Waals surface area contributed by atoms with Crippen molar-refractivity contribution in [1.29, 1.82) is 0 Å². The van der Waals surface area contributed by atoms with Gasteiger partial charge in [0.25, 0.3) is 11.8 Å². The number of unbranched alkanes of at least 4 members (excludes halogenated alkanes) is 5. The van der Waals surface area contributed by atoms with Gasteiger partial charge in [-0.1, -0.05) is 46.5 Å². The van der Waals surface area contributed by atoms with Gasteiger partial charge in [0, 0.05) is 38.6 Å². The monoisotopic (exact) mass is 659 g/mol. The fourth-order valence-electron chi connectivity index (χ4n) is 3.75. The molecule has 266 valence electrons. The molecule has 0 aromatic carbocycles. The highest BCUT2D eigenvalue weighted by molar-refractivity contribution is 6.01. The Labute approximate surface area is 272 Å². The van der Waals surface area contributed by atoms with Gasteiger partial charge in [-0.3, -0.25) is 24.0 Å². The Bertz CT molecular complexity index is 915. The maximum absolute atomic E-state index is 11.6. The maximum atomic E-state index is 11.6. The van der Waals surface area contributed by atoms with Crippen molar-refractivity contribution in [3.05, 3.63) is 0 Å². The Balaban J connectivity index is 0. The van der Waals surface area contributed by atoms with Crippen molar-refractivity contribution in [3.63, 3.8) is 0 Å². The largest absolute Gasteiger partial charge is 0.480 e. The first-order chi connectivity index (χ1) is 21.8. The normalized spacial score (nSPS) is 13.4. The van der Waals surface area contributed by atoms with Crippen LogP contribution in [0, 0.1) is 0 Å². The maximum Gasteiger partial charge on any atom is 0.333 e. The molecular weight excluding hydrogens is 602 g/mol. The van der Waals surface area contributed by atoms with Crippen LogP contribution in [0.5, 0.6) is 0 Å². The average Bonchev–Trinajstić information content (AvgIpc) is 3.33. The van der Waals surface area contributed by atoms with E-state index in [0.717, 1.165) is 44.9 Å². The SMILES string of the molecule is CCCCC(=O)NCCCCC(NC(=O)CCCC)C(=O)O.CCCCC(=O)ON1C(=O)CCC1=O.NCCCCC(N)C(=O)O. The topological polar surface area (TPSA) is 249 Å². The van der Waals surface area contributed by atoms with Crippen molar-refractivity contribution < 1.29 is 48.6 Å². The van der Waals surface area contributed by atoms with Gasteiger partial charge in [0.05, 0.1) is 0 Å². The third kappa shape index (κ3) is 24.7. The first-order valence-corrected chi connectivity index (χ1v) is 16.4. The molecule has 2 unspecified atom stereocenters. The van der Waals surface area contributed by atoms with E-state index in [-0.39, 0.29) is 31.1 Å². The molecule has 1 aliphatic heterocycles. The number of nitrogens with one attached hydrogen (secondary N) is 2. The van der Waals surface area contributed by atoms with Crippen LogP contribution < -0.4 is 22.1 Å². The number of amides is 4. The zero-order valence-electron chi connectivity index (χ0n) is 27.9. The summed E-state index contributed by atoms with van der Waals surface area (Å²) in [7, 11) is 0. The van der Waals surface area contributed by atoms with Crippen LogP contribution in [0.4, 0.5) is 0 Å². The quantitative estimate of drug-likeness (QED) is 0.0725. The summed E-state index contributed by atoms with van der Waals surface area (Å²) < 4.78 is 0. The number of rotatable bonds is 22. The summed E-state index contributed by atoms with van der Waals surface area (Å²) in [4.78, 5) is 82.0. The highest BCUT2D eigenvalue weighted by Crippen LogP contribution is 2.13. The standard InChI is InChI=1S/C16H30N2O4.C9H13NO4.C6H14N2O2/c1-3-5-10-14(19)17-12-8-7-9-13(16(21)22)18-15(20)11-6-4-2;1-2-3-4-9(13)14-10-7(11)5-6-8(10)12;7-4-2-1-3-5(8)6(9)10/h13H,3-12H2,1-2H3,(H,17,19)(H,18,20)(H,21,22);2-6H2,1H3;5H,1-4,7-8H2,(H,9,10). The first kappa shape index (κ1) is 44.5. The van der Waals surface area contributed by atoms with E-state index in [4.69, 9.17) is 21.7 Å². The van der Waals surface area contributed by atoms with Gasteiger partial charge in [-0.15, -0.1) is 5.06 Å². The van der Waals surface area contributed by atoms with Crippen molar-refractivity contribution in [1.82, 2.24) is 15.7 Å². The number of carbonyl (C=O) groups is 7. The van der Waals surface area contributed by atoms with Gasteiger partial charge in [0.15, 0.2) is 0 Å². The van der Waals surface area contributed by atoms with Gasteiger partial charge < -0.3 is 37.2 Å². The number of hydrogen-bond donors (Lipinski definition) is 6. The fraction of sp³-hybridized carbons (Fsp3) is 0.774. The van der Waals surface area contributed by atoms with Crippen LogP contribution in [0.15, 0.2) is 0 Å². The highest BCUT2D eigenvalue weighted by atomic mass is 16.7. The van der Waals surface area contributed by atoms with Gasteiger partial charge >= 0.3 is 17.9 Å². The molecule has 0 saturated carbocycles. The van der Waals surface area contributed by atoms with Crippen LogP contribution >= 0.6 is 0 Å². The molecule has 0 bridgehead atoms. The molecule has 4 amide bonds. The molecule has 1 fully saturated rings. The van der Waals surface area contributed by atoms with Gasteiger partial charge in [-0.2, -0.15) is 0 Å². The Hall–Kier alpha value is -3.59. The second-order valence-corrected chi connectivity index (χ2v) is 10.9. The Kier molecular flexibility index (Phi) is 27.9. The lowest BCUT2D eigenvalue weighted by molar-refractivity contribution is -0.197. The third-order valence-electron chi connectivity index (χ3n) is 6.61. The molecule has 15 nitrogen and oxygen atoms in total. The Morgan fingerprint density at radius 3 is 1.78 bits per heavy atom. The molecular formula is C31H57N5O10. The zero-order valence-corrected chi connectivity index (χ0v) is 27.9. The molecule has 1 rings (SSSR count). The van der Waals surface area contributed by atoms with Crippen LogP contribution in [0.25, 0.3) is 0 Å². The number of aliphatic carboxylic acids is 2. The number of carboxylic acids is 2. The Morgan fingerprint density at radius 2 is 1.28 bits per heavy atom. The van der Waals surface area contributed by atoms with Gasteiger partial charge in [0.1, 0.15) is 12.1 Å². The smallest absolute Gasteiger partial charge is 0.333 e. The molecule has 15 heteroatoms. The molecule has 0 radical (unpaired) electrons. The van der Waals surface area contributed by atoms with Crippen molar-refractivity contribution in [3.8, 4) is 0 Å². The lowest BCUT2D eigenvalue weighted by Crippen LogP contribution is -2.40. The molecule has 1 heterocycles. The molecule has 1 aliphatic rings.